The van der Waals surface area contributed by atoms with E-state index in [1.165, 1.54) is 6.07 Å². The van der Waals surface area contributed by atoms with E-state index in [0.29, 0.717) is 27.4 Å². The number of hydrogen-bond acceptors (Lipinski definition) is 4. The summed E-state index contributed by atoms with van der Waals surface area (Å²) in [6.45, 7) is 6.82. The molecule has 3 rings (SSSR count). The Hall–Kier alpha value is -1.50. The number of halogens is 3. The Kier molecular flexibility index (Phi) is 8.04. The maximum atomic E-state index is 12.6. The Morgan fingerprint density at radius 1 is 1.03 bits per heavy atom. The van der Waals surface area contributed by atoms with Crippen LogP contribution in [0.15, 0.2) is 42.5 Å². The van der Waals surface area contributed by atoms with Crippen molar-refractivity contribution in [2.45, 2.75) is 13.0 Å². The zero-order valence-electron chi connectivity index (χ0n) is 16.2. The summed E-state index contributed by atoms with van der Waals surface area (Å²) in [5.74, 6) is 0.767. The summed E-state index contributed by atoms with van der Waals surface area (Å²) >= 11 is 18.1. The molecule has 29 heavy (non-hydrogen) atoms. The first-order chi connectivity index (χ1) is 13.9. The molecule has 0 bridgehead atoms. The Balaban J connectivity index is 1.44. The van der Waals surface area contributed by atoms with E-state index in [9.17, 15) is 4.79 Å². The Morgan fingerprint density at radius 2 is 1.69 bits per heavy atom. The lowest BCUT2D eigenvalue weighted by Gasteiger charge is -2.37. The Bertz CT molecular complexity index is 827. The van der Waals surface area contributed by atoms with E-state index in [-0.39, 0.29) is 11.9 Å². The number of carbonyl (C=O) groups excluding carboxylic acids is 1. The van der Waals surface area contributed by atoms with E-state index < -0.39 is 0 Å². The molecule has 1 saturated heterocycles. The van der Waals surface area contributed by atoms with Gasteiger partial charge in [0.2, 0.25) is 5.91 Å². The van der Waals surface area contributed by atoms with Gasteiger partial charge < -0.3 is 10.1 Å². The topological polar surface area (TPSA) is 44.8 Å². The van der Waals surface area contributed by atoms with Crippen LogP contribution >= 0.6 is 34.8 Å². The highest BCUT2D eigenvalue weighted by Gasteiger charge is 2.26. The zero-order valence-corrected chi connectivity index (χ0v) is 18.5. The fourth-order valence-corrected chi connectivity index (χ4v) is 3.80. The number of nitrogens with zero attached hydrogens (tertiary/aromatic N) is 2. The number of nitrogens with one attached hydrogen (secondary N) is 1. The molecular weight excluding hydrogens is 433 g/mol. The normalized spacial score (nSPS) is 16.4. The predicted molar refractivity (Wildman–Crippen MR) is 120 cm³/mol. The number of piperazine rings is 1. The predicted octanol–water partition coefficient (Wildman–Crippen LogP) is 4.67. The van der Waals surface area contributed by atoms with Crippen LogP contribution in [0.2, 0.25) is 15.1 Å². The van der Waals surface area contributed by atoms with Gasteiger partial charge in [-0.05, 0) is 31.2 Å². The average Bonchev–Trinajstić information content (AvgIpc) is 2.72. The minimum Gasteiger partial charge on any atom is -0.492 e. The first kappa shape index (κ1) is 22.2. The van der Waals surface area contributed by atoms with Gasteiger partial charge in [-0.3, -0.25) is 14.6 Å². The summed E-state index contributed by atoms with van der Waals surface area (Å²) in [4.78, 5) is 17.2. The molecule has 0 unspecified atom stereocenters. The molecule has 1 N–H and O–H groups in total. The van der Waals surface area contributed by atoms with Crippen molar-refractivity contribution in [3.8, 4) is 5.75 Å². The molecule has 1 heterocycles. The van der Waals surface area contributed by atoms with Crippen molar-refractivity contribution in [2.75, 3.05) is 44.6 Å². The minimum atomic E-state index is -0.275. The summed E-state index contributed by atoms with van der Waals surface area (Å²) in [6.07, 6.45) is 0. The molecule has 1 atom stereocenters. The fourth-order valence-electron chi connectivity index (χ4n) is 3.20. The highest BCUT2D eigenvalue weighted by molar-refractivity contribution is 6.44. The molecule has 0 aromatic heterocycles. The van der Waals surface area contributed by atoms with Crippen molar-refractivity contribution >= 4 is 46.4 Å². The monoisotopic (exact) mass is 455 g/mol. The second-order valence-corrected chi connectivity index (χ2v) is 8.17. The lowest BCUT2D eigenvalue weighted by Crippen LogP contribution is -2.53. The highest BCUT2D eigenvalue weighted by Crippen LogP contribution is 2.32. The highest BCUT2D eigenvalue weighted by atomic mass is 35.5. The van der Waals surface area contributed by atoms with Gasteiger partial charge in [-0.2, -0.15) is 0 Å². The summed E-state index contributed by atoms with van der Waals surface area (Å²) in [7, 11) is 0. The van der Waals surface area contributed by atoms with Gasteiger partial charge in [-0.25, -0.2) is 0 Å². The first-order valence-corrected chi connectivity index (χ1v) is 10.7. The van der Waals surface area contributed by atoms with Crippen LogP contribution in [0.4, 0.5) is 5.69 Å². The molecular formula is C21H24Cl3N3O2. The van der Waals surface area contributed by atoms with Gasteiger partial charge in [0.05, 0.1) is 26.8 Å². The van der Waals surface area contributed by atoms with Crippen LogP contribution < -0.4 is 10.1 Å². The molecule has 0 radical (unpaired) electrons. The molecule has 0 spiro atoms. The number of ether oxygens (including phenoxy) is 1. The van der Waals surface area contributed by atoms with Crippen LogP contribution in [-0.2, 0) is 4.79 Å². The smallest absolute Gasteiger partial charge is 0.241 e. The quantitative estimate of drug-likeness (QED) is 0.615. The van der Waals surface area contributed by atoms with Crippen LogP contribution in [0, 0.1) is 0 Å². The van der Waals surface area contributed by atoms with E-state index in [4.69, 9.17) is 39.5 Å². The van der Waals surface area contributed by atoms with Gasteiger partial charge >= 0.3 is 0 Å². The summed E-state index contributed by atoms with van der Waals surface area (Å²) < 4.78 is 5.76. The van der Waals surface area contributed by atoms with E-state index in [0.717, 1.165) is 38.5 Å². The third-order valence-electron chi connectivity index (χ3n) is 5.02. The second-order valence-electron chi connectivity index (χ2n) is 6.95. The van der Waals surface area contributed by atoms with Crippen LogP contribution in [0.5, 0.6) is 5.75 Å². The van der Waals surface area contributed by atoms with Gasteiger partial charge in [0.25, 0.3) is 0 Å². The number of carbonyl (C=O) groups is 1. The SMILES string of the molecule is C[C@H](C(=O)Nc1cc(Cl)c(Cl)cc1Cl)N1CCN(CCOc2ccccc2)CC1. The van der Waals surface area contributed by atoms with Crippen molar-refractivity contribution in [3.05, 3.63) is 57.5 Å². The van der Waals surface area contributed by atoms with E-state index >= 15 is 0 Å². The first-order valence-electron chi connectivity index (χ1n) is 9.53. The van der Waals surface area contributed by atoms with Gasteiger partial charge in [-0.15, -0.1) is 0 Å². The molecule has 5 nitrogen and oxygen atoms in total. The fraction of sp³-hybridized carbons (Fsp3) is 0.381. The van der Waals surface area contributed by atoms with Crippen LogP contribution in [0.3, 0.4) is 0 Å². The molecule has 1 fully saturated rings. The number of benzene rings is 2. The Labute approximate surface area is 186 Å². The average molecular weight is 457 g/mol. The van der Waals surface area contributed by atoms with Crippen molar-refractivity contribution in [2.24, 2.45) is 0 Å². The lowest BCUT2D eigenvalue weighted by atomic mass is 10.2. The van der Waals surface area contributed by atoms with Crippen molar-refractivity contribution in [1.29, 1.82) is 0 Å². The number of rotatable bonds is 7. The van der Waals surface area contributed by atoms with E-state index in [2.05, 4.69) is 15.1 Å². The molecule has 8 heteroatoms. The van der Waals surface area contributed by atoms with Crippen LogP contribution in [0.1, 0.15) is 6.92 Å². The van der Waals surface area contributed by atoms with Crippen LogP contribution in [0.25, 0.3) is 0 Å². The molecule has 1 aliphatic heterocycles. The molecule has 2 aromatic carbocycles. The van der Waals surface area contributed by atoms with E-state index in [1.54, 1.807) is 6.07 Å². The Morgan fingerprint density at radius 3 is 2.38 bits per heavy atom. The van der Waals surface area contributed by atoms with Crippen molar-refractivity contribution in [3.63, 3.8) is 0 Å². The maximum absolute atomic E-state index is 12.6. The summed E-state index contributed by atoms with van der Waals surface area (Å²) in [5, 5.41) is 3.92. The molecule has 0 aliphatic carbocycles. The third kappa shape index (κ3) is 6.24. The van der Waals surface area contributed by atoms with Crippen LogP contribution in [-0.4, -0.2) is 61.1 Å². The van der Waals surface area contributed by atoms with Gasteiger partial charge in [0.15, 0.2) is 0 Å². The number of hydrogen-bond donors (Lipinski definition) is 1. The zero-order chi connectivity index (χ0) is 20.8. The molecule has 2 aromatic rings. The standard InChI is InChI=1S/C21H24Cl3N3O2/c1-15(21(28)25-20-14-18(23)17(22)13-19(20)24)27-9-7-26(8-10-27)11-12-29-16-5-3-2-4-6-16/h2-6,13-15H,7-12H2,1H3,(H,25,28)/t15-/m1/s1. The molecule has 1 aliphatic rings. The van der Waals surface area contributed by atoms with Crippen molar-refractivity contribution in [1.82, 2.24) is 9.80 Å². The lowest BCUT2D eigenvalue weighted by molar-refractivity contribution is -0.121. The maximum Gasteiger partial charge on any atom is 0.241 e. The number of para-hydroxylation sites is 1. The molecule has 156 valence electrons. The van der Waals surface area contributed by atoms with Gasteiger partial charge in [0.1, 0.15) is 12.4 Å². The third-order valence-corrected chi connectivity index (χ3v) is 6.06. The largest absolute Gasteiger partial charge is 0.492 e. The minimum absolute atomic E-state index is 0.119. The van der Waals surface area contributed by atoms with Crippen molar-refractivity contribution < 1.29 is 9.53 Å². The van der Waals surface area contributed by atoms with E-state index in [1.807, 2.05) is 37.3 Å². The summed E-state index contributed by atoms with van der Waals surface area (Å²) in [5.41, 5.74) is 0.467. The number of amides is 1. The number of anilines is 1. The molecule has 0 saturated carbocycles. The molecule has 1 amide bonds. The van der Waals surface area contributed by atoms with Gasteiger partial charge in [-0.1, -0.05) is 53.0 Å². The second kappa shape index (κ2) is 10.5. The van der Waals surface area contributed by atoms with Gasteiger partial charge in [0, 0.05) is 32.7 Å². The summed E-state index contributed by atoms with van der Waals surface area (Å²) in [6, 6.07) is 12.6.